The zero-order valence-electron chi connectivity index (χ0n) is 10.7. The van der Waals surface area contributed by atoms with E-state index in [2.05, 4.69) is 0 Å². The quantitative estimate of drug-likeness (QED) is 0.624. The molecule has 1 rings (SSSR count). The molecule has 1 unspecified atom stereocenters. The van der Waals surface area contributed by atoms with Gasteiger partial charge in [-0.2, -0.15) is 0 Å². The Hall–Kier alpha value is -1.23. The summed E-state index contributed by atoms with van der Waals surface area (Å²) in [6, 6.07) is -0.595. The number of Topliss-reactive ketones (excluding diaryl/α,β-unsaturated/α-hetero) is 1. The molecule has 1 aliphatic rings. The smallest absolute Gasteiger partial charge is 0.415 e. The average Bonchev–Trinajstić information content (AvgIpc) is 2.11. The van der Waals surface area contributed by atoms with Crippen molar-refractivity contribution in [2.45, 2.75) is 46.3 Å². The Morgan fingerprint density at radius 1 is 1.47 bits per heavy atom. The summed E-state index contributed by atoms with van der Waals surface area (Å²) in [5, 5.41) is 0. The Morgan fingerprint density at radius 3 is 2.47 bits per heavy atom. The molecular formula is C12H17NO3S. The Kier molecular flexibility index (Phi) is 3.71. The first-order chi connectivity index (χ1) is 7.63. The van der Waals surface area contributed by atoms with Crippen molar-refractivity contribution in [3.8, 4) is 0 Å². The summed E-state index contributed by atoms with van der Waals surface area (Å²) in [6.07, 6.45) is 1.01. The largest absolute Gasteiger partial charge is 0.443 e. The van der Waals surface area contributed by atoms with E-state index in [4.69, 9.17) is 17.0 Å². The molecule has 1 amide bonds. The standard InChI is InChI=1S/C12H17NO3S/c1-7-6-9(17)10(14)8(2)13(7)11(15)16-12(3,4)5/h6,8H,1-5H3. The molecule has 0 fully saturated rings. The molecule has 5 heteroatoms. The normalized spacial score (nSPS) is 21.4. The van der Waals surface area contributed by atoms with Gasteiger partial charge in [-0.3, -0.25) is 9.69 Å². The lowest BCUT2D eigenvalue weighted by Crippen LogP contribution is -2.48. The van der Waals surface area contributed by atoms with Crippen molar-refractivity contribution >= 4 is 29.0 Å². The fourth-order valence-corrected chi connectivity index (χ4v) is 1.91. The van der Waals surface area contributed by atoms with Crippen molar-refractivity contribution in [1.82, 2.24) is 4.90 Å². The highest BCUT2D eigenvalue weighted by Crippen LogP contribution is 2.21. The first-order valence-electron chi connectivity index (χ1n) is 5.42. The predicted molar refractivity (Wildman–Crippen MR) is 68.9 cm³/mol. The van der Waals surface area contributed by atoms with Gasteiger partial charge >= 0.3 is 6.09 Å². The van der Waals surface area contributed by atoms with Crippen LogP contribution in [0.15, 0.2) is 11.8 Å². The summed E-state index contributed by atoms with van der Waals surface area (Å²) in [7, 11) is 0. The third kappa shape index (κ3) is 3.12. The molecule has 4 nitrogen and oxygen atoms in total. The maximum absolute atomic E-state index is 12.0. The highest BCUT2D eigenvalue weighted by Gasteiger charge is 2.35. The topological polar surface area (TPSA) is 46.6 Å². The molecule has 0 aliphatic carbocycles. The van der Waals surface area contributed by atoms with Crippen LogP contribution in [0.2, 0.25) is 0 Å². The minimum atomic E-state index is -0.595. The van der Waals surface area contributed by atoms with Crippen molar-refractivity contribution in [2.75, 3.05) is 0 Å². The van der Waals surface area contributed by atoms with Crippen LogP contribution >= 0.6 is 12.2 Å². The van der Waals surface area contributed by atoms with Crippen LogP contribution in [-0.2, 0) is 9.53 Å². The van der Waals surface area contributed by atoms with Crippen molar-refractivity contribution < 1.29 is 14.3 Å². The van der Waals surface area contributed by atoms with Crippen molar-refractivity contribution in [3.05, 3.63) is 11.8 Å². The number of rotatable bonds is 0. The molecule has 1 heterocycles. The third-order valence-electron chi connectivity index (χ3n) is 2.32. The van der Waals surface area contributed by atoms with Gasteiger partial charge in [-0.25, -0.2) is 4.79 Å². The fraction of sp³-hybridized carbons (Fsp3) is 0.583. The lowest BCUT2D eigenvalue weighted by atomic mass is 10.0. The highest BCUT2D eigenvalue weighted by molar-refractivity contribution is 7.82. The first kappa shape index (κ1) is 13.8. The number of carbonyl (C=O) groups is 2. The van der Waals surface area contributed by atoms with Gasteiger partial charge in [0.15, 0.2) is 5.78 Å². The molecule has 1 aliphatic heterocycles. The summed E-state index contributed by atoms with van der Waals surface area (Å²) in [4.78, 5) is 25.3. The number of carbonyl (C=O) groups excluding carboxylic acids is 2. The summed E-state index contributed by atoms with van der Waals surface area (Å²) < 4.78 is 5.25. The Morgan fingerprint density at radius 2 is 2.00 bits per heavy atom. The molecule has 0 radical (unpaired) electrons. The maximum atomic E-state index is 12.0. The summed E-state index contributed by atoms with van der Waals surface area (Å²) in [6.45, 7) is 8.73. The van der Waals surface area contributed by atoms with Crippen molar-refractivity contribution in [1.29, 1.82) is 0 Å². The van der Waals surface area contributed by atoms with E-state index in [0.717, 1.165) is 0 Å². The van der Waals surface area contributed by atoms with Crippen LogP contribution in [0.1, 0.15) is 34.6 Å². The van der Waals surface area contributed by atoms with Gasteiger partial charge in [-0.1, -0.05) is 12.2 Å². The van der Waals surface area contributed by atoms with Crippen LogP contribution in [-0.4, -0.2) is 33.3 Å². The van der Waals surface area contributed by atoms with Crippen LogP contribution in [0.25, 0.3) is 0 Å². The zero-order valence-corrected chi connectivity index (χ0v) is 11.6. The van der Waals surface area contributed by atoms with Crippen LogP contribution in [0.4, 0.5) is 4.79 Å². The van der Waals surface area contributed by atoms with Gasteiger partial charge in [0.2, 0.25) is 0 Å². The second-order valence-electron chi connectivity index (χ2n) is 5.04. The van der Waals surface area contributed by atoms with Gasteiger partial charge in [-0.15, -0.1) is 0 Å². The minimum absolute atomic E-state index is 0.226. The number of hydrogen-bond acceptors (Lipinski definition) is 4. The number of ketones is 1. The van der Waals surface area contributed by atoms with Crippen LogP contribution in [0.5, 0.6) is 0 Å². The Balaban J connectivity index is 2.97. The van der Waals surface area contributed by atoms with Gasteiger partial charge in [0.25, 0.3) is 0 Å². The molecule has 0 N–H and O–H groups in total. The summed E-state index contributed by atoms with van der Waals surface area (Å²) in [5.74, 6) is -0.226. The van der Waals surface area contributed by atoms with E-state index >= 15 is 0 Å². The Bertz CT molecular complexity index is 406. The molecular weight excluding hydrogens is 238 g/mol. The number of thiocarbonyl (C=S) groups is 1. The third-order valence-corrected chi connectivity index (χ3v) is 2.64. The maximum Gasteiger partial charge on any atom is 0.415 e. The number of hydrogen-bond donors (Lipinski definition) is 0. The zero-order chi connectivity index (χ0) is 13.4. The first-order valence-corrected chi connectivity index (χ1v) is 5.83. The molecule has 0 aromatic rings. The number of nitrogens with zero attached hydrogens (tertiary/aromatic N) is 1. The predicted octanol–water partition coefficient (Wildman–Crippen LogP) is 2.47. The summed E-state index contributed by atoms with van der Waals surface area (Å²) in [5.41, 5.74) is 0.0503. The fourth-order valence-electron chi connectivity index (χ4n) is 1.57. The van der Waals surface area contributed by atoms with Crippen LogP contribution < -0.4 is 0 Å². The van der Waals surface area contributed by atoms with Crippen molar-refractivity contribution in [3.63, 3.8) is 0 Å². The van der Waals surface area contributed by atoms with E-state index in [0.29, 0.717) is 5.70 Å². The van der Waals surface area contributed by atoms with Gasteiger partial charge in [0.1, 0.15) is 11.6 Å². The van der Waals surface area contributed by atoms with Crippen LogP contribution in [0.3, 0.4) is 0 Å². The molecule has 0 bridgehead atoms. The van der Waals surface area contributed by atoms with E-state index in [9.17, 15) is 9.59 Å². The molecule has 0 spiro atoms. The molecule has 94 valence electrons. The monoisotopic (exact) mass is 255 g/mol. The van der Waals surface area contributed by atoms with E-state index in [1.807, 2.05) is 0 Å². The lowest BCUT2D eigenvalue weighted by molar-refractivity contribution is -0.116. The summed E-state index contributed by atoms with van der Waals surface area (Å²) >= 11 is 4.93. The molecule has 0 aromatic carbocycles. The highest BCUT2D eigenvalue weighted by atomic mass is 32.1. The van der Waals surface area contributed by atoms with E-state index in [-0.39, 0.29) is 10.6 Å². The lowest BCUT2D eigenvalue weighted by Gasteiger charge is -2.33. The minimum Gasteiger partial charge on any atom is -0.443 e. The van der Waals surface area contributed by atoms with E-state index in [1.54, 1.807) is 34.6 Å². The molecule has 17 heavy (non-hydrogen) atoms. The molecule has 1 atom stereocenters. The number of amides is 1. The van der Waals surface area contributed by atoms with Gasteiger partial charge < -0.3 is 4.74 Å². The van der Waals surface area contributed by atoms with Crippen molar-refractivity contribution in [2.24, 2.45) is 0 Å². The van der Waals surface area contributed by atoms with Gasteiger partial charge in [0, 0.05) is 5.70 Å². The molecule has 0 saturated heterocycles. The van der Waals surface area contributed by atoms with E-state index in [1.165, 1.54) is 11.0 Å². The number of allylic oxidation sites excluding steroid dienone is 2. The SMILES string of the molecule is CC1=CC(=S)C(=O)C(C)N1C(=O)OC(C)(C)C. The molecule has 0 saturated carbocycles. The van der Waals surface area contributed by atoms with E-state index < -0.39 is 17.7 Å². The molecule has 0 aromatic heterocycles. The Labute approximate surface area is 107 Å². The number of ether oxygens (including phenoxy) is 1. The van der Waals surface area contributed by atoms with Crippen LogP contribution in [0, 0.1) is 0 Å². The average molecular weight is 255 g/mol. The van der Waals surface area contributed by atoms with Gasteiger partial charge in [-0.05, 0) is 40.7 Å². The van der Waals surface area contributed by atoms with Gasteiger partial charge in [0.05, 0.1) is 4.86 Å². The second kappa shape index (κ2) is 4.56. The second-order valence-corrected chi connectivity index (χ2v) is 5.48.